The van der Waals surface area contributed by atoms with Gasteiger partial charge in [0.25, 0.3) is 0 Å². The summed E-state index contributed by atoms with van der Waals surface area (Å²) >= 11 is 0. The van der Waals surface area contributed by atoms with Gasteiger partial charge < -0.3 is 18.8 Å². The number of rotatable bonds is 5. The molecular weight excluding hydrogens is 354 g/mol. The van der Waals surface area contributed by atoms with E-state index in [1.165, 1.54) is 11.2 Å². The van der Waals surface area contributed by atoms with E-state index in [2.05, 4.69) is 13.8 Å². The van der Waals surface area contributed by atoms with Gasteiger partial charge in [0.2, 0.25) is 0 Å². The number of nitrogens with one attached hydrogen (secondary N) is 1. The fourth-order valence-electron chi connectivity index (χ4n) is 3.92. The van der Waals surface area contributed by atoms with Crippen LogP contribution in [0.15, 0.2) is 64.0 Å². The first-order chi connectivity index (χ1) is 13.6. The van der Waals surface area contributed by atoms with Crippen molar-refractivity contribution in [3.63, 3.8) is 0 Å². The van der Waals surface area contributed by atoms with E-state index >= 15 is 0 Å². The molecule has 1 aliphatic rings. The molecule has 0 bridgehead atoms. The van der Waals surface area contributed by atoms with E-state index in [0.717, 1.165) is 30.9 Å². The number of hydrogen-bond donors (Lipinski definition) is 1. The Morgan fingerprint density at radius 2 is 1.82 bits per heavy atom. The molecule has 146 valence electrons. The average molecular weight is 380 g/mol. The molecule has 0 radical (unpaired) electrons. The second kappa shape index (κ2) is 8.17. The topological polar surface area (TPSA) is 53.1 Å². The van der Waals surface area contributed by atoms with Crippen LogP contribution in [0, 0.1) is 0 Å². The summed E-state index contributed by atoms with van der Waals surface area (Å²) in [5.41, 5.74) is 1.94. The Morgan fingerprint density at radius 3 is 2.57 bits per heavy atom. The summed E-state index contributed by atoms with van der Waals surface area (Å²) in [6, 6.07) is 15.0. The molecule has 4 rings (SSSR count). The normalized spacial score (nSPS) is 22.3. The van der Waals surface area contributed by atoms with Gasteiger partial charge in [0.05, 0.1) is 10.9 Å². The van der Waals surface area contributed by atoms with Crippen LogP contribution in [0.3, 0.4) is 0 Å². The molecule has 2 aromatic carbocycles. The van der Waals surface area contributed by atoms with Crippen LogP contribution in [0.2, 0.25) is 0 Å². The van der Waals surface area contributed by atoms with Gasteiger partial charge in [-0.2, -0.15) is 0 Å². The van der Waals surface area contributed by atoms with Crippen molar-refractivity contribution in [3.05, 3.63) is 65.0 Å². The zero-order chi connectivity index (χ0) is 19.5. The minimum atomic E-state index is -0.0280. The molecular formula is C23H26NO4+. The first-order valence-corrected chi connectivity index (χ1v) is 9.83. The van der Waals surface area contributed by atoms with Gasteiger partial charge in [0.15, 0.2) is 5.43 Å². The second-order valence-corrected chi connectivity index (χ2v) is 7.52. The smallest absolute Gasteiger partial charge is 0.200 e. The molecule has 0 spiro atoms. The largest absolute Gasteiger partial charge is 0.488 e. The Bertz CT molecular complexity index is 988. The highest BCUT2D eigenvalue weighted by molar-refractivity contribution is 5.82. The highest BCUT2D eigenvalue weighted by atomic mass is 16.5. The summed E-state index contributed by atoms with van der Waals surface area (Å²) < 4.78 is 17.4. The second-order valence-electron chi connectivity index (χ2n) is 7.52. The van der Waals surface area contributed by atoms with Gasteiger partial charge in [0, 0.05) is 6.07 Å². The lowest BCUT2D eigenvalue weighted by atomic mass is 10.1. The third-order valence-corrected chi connectivity index (χ3v) is 5.17. The van der Waals surface area contributed by atoms with E-state index in [4.69, 9.17) is 13.9 Å². The van der Waals surface area contributed by atoms with Crippen LogP contribution in [0.5, 0.6) is 5.75 Å². The quantitative estimate of drug-likeness (QED) is 0.739. The molecule has 3 aromatic rings. The third kappa shape index (κ3) is 4.11. The molecule has 1 fully saturated rings. The zero-order valence-corrected chi connectivity index (χ0v) is 16.3. The van der Waals surface area contributed by atoms with Gasteiger partial charge in [-0.25, -0.2) is 0 Å². The maximum Gasteiger partial charge on any atom is 0.200 e. The zero-order valence-electron chi connectivity index (χ0n) is 16.3. The van der Waals surface area contributed by atoms with Gasteiger partial charge in [-0.15, -0.1) is 0 Å². The van der Waals surface area contributed by atoms with Crippen LogP contribution in [0.4, 0.5) is 0 Å². The predicted octanol–water partition coefficient (Wildman–Crippen LogP) is 2.53. The Balaban J connectivity index is 1.46. The number of morpholine rings is 1. The lowest BCUT2D eigenvalue weighted by molar-refractivity contribution is -0.915. The lowest BCUT2D eigenvalue weighted by Gasteiger charge is -2.32. The Kier molecular flexibility index (Phi) is 5.46. The molecule has 28 heavy (non-hydrogen) atoms. The molecule has 0 aliphatic carbocycles. The van der Waals surface area contributed by atoms with Crippen molar-refractivity contribution in [2.45, 2.75) is 26.1 Å². The molecule has 2 atom stereocenters. The highest BCUT2D eigenvalue weighted by Gasteiger charge is 2.25. The van der Waals surface area contributed by atoms with Crippen molar-refractivity contribution >= 4 is 11.0 Å². The summed E-state index contributed by atoms with van der Waals surface area (Å²) in [6.45, 7) is 7.78. The summed E-state index contributed by atoms with van der Waals surface area (Å²) in [6.07, 6.45) is 2.10. The third-order valence-electron chi connectivity index (χ3n) is 5.17. The molecule has 5 heteroatoms. The summed E-state index contributed by atoms with van der Waals surface area (Å²) in [7, 11) is 0. The molecule has 1 saturated heterocycles. The van der Waals surface area contributed by atoms with Crippen LogP contribution in [0.25, 0.3) is 22.1 Å². The molecule has 0 saturated carbocycles. The van der Waals surface area contributed by atoms with Crippen LogP contribution in [0.1, 0.15) is 13.8 Å². The Hall–Kier alpha value is -2.63. The fraction of sp³-hybridized carbons (Fsp3) is 0.348. The van der Waals surface area contributed by atoms with E-state index in [1.54, 1.807) is 12.1 Å². The van der Waals surface area contributed by atoms with E-state index in [1.807, 2.05) is 36.4 Å². The number of quaternary nitrogens is 1. The van der Waals surface area contributed by atoms with Crippen molar-refractivity contribution in [3.8, 4) is 16.9 Å². The standard InChI is InChI=1S/C23H25NO4/c1-16-13-24(14-17(2)28-16)10-11-26-19-8-9-20-22(12-19)27-15-21(23(20)25)18-6-4-3-5-7-18/h3-9,12,15-17H,10-11,13-14H2,1-2H3/p+1/t16-,17-/m1/s1. The number of fused-ring (bicyclic) bond motifs is 1. The molecule has 1 N–H and O–H groups in total. The van der Waals surface area contributed by atoms with Crippen molar-refractivity contribution < 1.29 is 18.8 Å². The van der Waals surface area contributed by atoms with E-state index in [9.17, 15) is 4.79 Å². The van der Waals surface area contributed by atoms with Crippen LogP contribution in [-0.2, 0) is 4.74 Å². The van der Waals surface area contributed by atoms with Crippen LogP contribution >= 0.6 is 0 Å². The number of benzene rings is 2. The highest BCUT2D eigenvalue weighted by Crippen LogP contribution is 2.22. The monoisotopic (exact) mass is 380 g/mol. The van der Waals surface area contributed by atoms with Crippen LogP contribution in [-0.4, -0.2) is 38.4 Å². The average Bonchev–Trinajstić information content (AvgIpc) is 2.68. The number of hydrogen-bond acceptors (Lipinski definition) is 4. The Morgan fingerprint density at radius 1 is 1.07 bits per heavy atom. The first-order valence-electron chi connectivity index (χ1n) is 9.83. The minimum Gasteiger partial charge on any atom is -0.488 e. The van der Waals surface area contributed by atoms with Crippen molar-refractivity contribution in [1.82, 2.24) is 0 Å². The van der Waals surface area contributed by atoms with Crippen molar-refractivity contribution in [2.24, 2.45) is 0 Å². The van der Waals surface area contributed by atoms with Gasteiger partial charge in [-0.1, -0.05) is 30.3 Å². The molecule has 1 aliphatic heterocycles. The summed E-state index contributed by atoms with van der Waals surface area (Å²) in [5, 5.41) is 0.565. The van der Waals surface area contributed by atoms with E-state index in [-0.39, 0.29) is 17.6 Å². The van der Waals surface area contributed by atoms with Crippen molar-refractivity contribution in [1.29, 1.82) is 0 Å². The number of ether oxygens (including phenoxy) is 2. The predicted molar refractivity (Wildman–Crippen MR) is 109 cm³/mol. The maximum atomic E-state index is 12.8. The van der Waals surface area contributed by atoms with Gasteiger partial charge >= 0.3 is 0 Å². The molecule has 1 aromatic heterocycles. The van der Waals surface area contributed by atoms with Crippen LogP contribution < -0.4 is 15.1 Å². The van der Waals surface area contributed by atoms with E-state index < -0.39 is 0 Å². The minimum absolute atomic E-state index is 0.0280. The molecule has 2 heterocycles. The fourth-order valence-corrected chi connectivity index (χ4v) is 3.92. The molecule has 0 unspecified atom stereocenters. The molecule has 5 nitrogen and oxygen atoms in total. The Labute approximate surface area is 164 Å². The van der Waals surface area contributed by atoms with Gasteiger partial charge in [-0.05, 0) is 31.5 Å². The SMILES string of the molecule is C[C@@H]1C[NH+](CCOc2ccc3c(=O)c(-c4ccccc4)coc3c2)C[C@@H](C)O1. The van der Waals surface area contributed by atoms with Gasteiger partial charge in [-0.3, -0.25) is 4.79 Å². The lowest BCUT2D eigenvalue weighted by Crippen LogP contribution is -3.16. The molecule has 0 amide bonds. The van der Waals surface area contributed by atoms with Gasteiger partial charge in [0.1, 0.15) is 56.0 Å². The first kappa shape index (κ1) is 18.7. The van der Waals surface area contributed by atoms with E-state index in [0.29, 0.717) is 23.1 Å². The summed E-state index contributed by atoms with van der Waals surface area (Å²) in [5.74, 6) is 0.719. The summed E-state index contributed by atoms with van der Waals surface area (Å²) in [4.78, 5) is 14.3. The van der Waals surface area contributed by atoms with Crippen molar-refractivity contribution in [2.75, 3.05) is 26.2 Å². The maximum absolute atomic E-state index is 12.8.